The topological polar surface area (TPSA) is 88.2 Å². The Bertz CT molecular complexity index is 580. The minimum absolute atomic E-state index is 0.183. The zero-order valence-electron chi connectivity index (χ0n) is 9.80. The van der Waals surface area contributed by atoms with Gasteiger partial charge >= 0.3 is 5.97 Å². The first-order valence-corrected chi connectivity index (χ1v) is 6.22. The van der Waals surface area contributed by atoms with Crippen LogP contribution in [-0.4, -0.2) is 16.1 Å². The molecular weight excluding hydrogens is 250 g/mol. The number of nitrogens with one attached hydrogen (secondary N) is 1. The van der Waals surface area contributed by atoms with Gasteiger partial charge in [0.1, 0.15) is 5.01 Å². The number of nitrogen functional groups attached to an aromatic ring is 1. The molecule has 2 aromatic rings. The van der Waals surface area contributed by atoms with Gasteiger partial charge < -0.3 is 16.2 Å². The SMILES string of the molecule is Cc1csc(CNc2ccc(C(=O)O)cc2N)n1. The van der Waals surface area contributed by atoms with Gasteiger partial charge in [-0.3, -0.25) is 0 Å². The van der Waals surface area contributed by atoms with Crippen molar-refractivity contribution in [2.45, 2.75) is 13.5 Å². The third-order valence-electron chi connectivity index (χ3n) is 2.40. The van der Waals surface area contributed by atoms with Crippen LogP contribution in [0.1, 0.15) is 21.1 Å². The van der Waals surface area contributed by atoms with Crippen molar-refractivity contribution in [3.8, 4) is 0 Å². The second-order valence-corrected chi connectivity index (χ2v) is 4.79. The van der Waals surface area contributed by atoms with Gasteiger partial charge in [-0.05, 0) is 25.1 Å². The Labute approximate surface area is 108 Å². The summed E-state index contributed by atoms with van der Waals surface area (Å²) >= 11 is 1.57. The van der Waals surface area contributed by atoms with Crippen molar-refractivity contribution < 1.29 is 9.90 Å². The number of carboxylic acids is 1. The number of thiazole rings is 1. The Morgan fingerprint density at radius 1 is 1.56 bits per heavy atom. The molecule has 0 saturated heterocycles. The maximum atomic E-state index is 10.8. The van der Waals surface area contributed by atoms with Crippen LogP contribution in [0.2, 0.25) is 0 Å². The van der Waals surface area contributed by atoms with Crippen LogP contribution in [0.3, 0.4) is 0 Å². The number of hydrogen-bond donors (Lipinski definition) is 3. The normalized spacial score (nSPS) is 10.3. The molecule has 0 aliphatic heterocycles. The van der Waals surface area contributed by atoms with E-state index < -0.39 is 5.97 Å². The first kappa shape index (κ1) is 12.4. The highest BCUT2D eigenvalue weighted by atomic mass is 32.1. The maximum Gasteiger partial charge on any atom is 0.335 e. The predicted octanol–water partition coefficient (Wildman–Crippen LogP) is 2.34. The molecule has 0 amide bonds. The monoisotopic (exact) mass is 263 g/mol. The molecule has 0 aliphatic carbocycles. The van der Waals surface area contributed by atoms with Gasteiger partial charge in [0.05, 0.1) is 23.5 Å². The molecule has 94 valence electrons. The smallest absolute Gasteiger partial charge is 0.335 e. The second-order valence-electron chi connectivity index (χ2n) is 3.84. The Kier molecular flexibility index (Phi) is 3.47. The van der Waals surface area contributed by atoms with Crippen molar-refractivity contribution in [3.63, 3.8) is 0 Å². The van der Waals surface area contributed by atoms with Gasteiger partial charge in [0, 0.05) is 11.1 Å². The Morgan fingerprint density at radius 3 is 2.89 bits per heavy atom. The lowest BCUT2D eigenvalue weighted by Crippen LogP contribution is -2.04. The summed E-state index contributed by atoms with van der Waals surface area (Å²) in [5, 5.41) is 14.9. The molecule has 1 aromatic carbocycles. The van der Waals surface area contributed by atoms with Gasteiger partial charge in [-0.15, -0.1) is 11.3 Å². The van der Waals surface area contributed by atoms with Crippen LogP contribution in [0.5, 0.6) is 0 Å². The zero-order valence-corrected chi connectivity index (χ0v) is 10.6. The first-order valence-electron chi connectivity index (χ1n) is 5.34. The van der Waals surface area contributed by atoms with Crippen molar-refractivity contribution in [2.75, 3.05) is 11.1 Å². The number of nitrogens with two attached hydrogens (primary N) is 1. The summed E-state index contributed by atoms with van der Waals surface area (Å²) in [5.41, 5.74) is 8.10. The summed E-state index contributed by atoms with van der Waals surface area (Å²) in [6, 6.07) is 4.63. The summed E-state index contributed by atoms with van der Waals surface area (Å²) in [6.45, 7) is 2.52. The first-order chi connectivity index (χ1) is 8.56. The Balaban J connectivity index is 2.08. The number of nitrogens with zero attached hydrogens (tertiary/aromatic N) is 1. The van der Waals surface area contributed by atoms with Crippen LogP contribution in [0.4, 0.5) is 11.4 Å². The van der Waals surface area contributed by atoms with E-state index in [0.29, 0.717) is 17.9 Å². The highest BCUT2D eigenvalue weighted by Crippen LogP contribution is 2.21. The zero-order chi connectivity index (χ0) is 13.1. The summed E-state index contributed by atoms with van der Waals surface area (Å²) in [7, 11) is 0. The number of carbonyl (C=O) groups is 1. The lowest BCUT2D eigenvalue weighted by atomic mass is 10.2. The Hall–Kier alpha value is -2.08. The average molecular weight is 263 g/mol. The van der Waals surface area contributed by atoms with E-state index in [1.54, 1.807) is 17.4 Å². The highest BCUT2D eigenvalue weighted by Gasteiger charge is 2.06. The van der Waals surface area contributed by atoms with E-state index in [1.807, 2.05) is 12.3 Å². The van der Waals surface area contributed by atoms with E-state index in [-0.39, 0.29) is 5.56 Å². The number of aromatic nitrogens is 1. The van der Waals surface area contributed by atoms with E-state index in [1.165, 1.54) is 12.1 Å². The molecule has 0 radical (unpaired) electrons. The number of aryl methyl sites for hydroxylation is 1. The van der Waals surface area contributed by atoms with Gasteiger partial charge in [-0.25, -0.2) is 9.78 Å². The number of anilines is 2. The van der Waals surface area contributed by atoms with Gasteiger partial charge in [-0.1, -0.05) is 0 Å². The molecule has 0 spiro atoms. The number of hydrogen-bond acceptors (Lipinski definition) is 5. The molecular formula is C12H13N3O2S. The predicted molar refractivity (Wildman–Crippen MR) is 72.0 cm³/mol. The minimum Gasteiger partial charge on any atom is -0.478 e. The Morgan fingerprint density at radius 2 is 2.33 bits per heavy atom. The van der Waals surface area contributed by atoms with Crippen LogP contribution in [-0.2, 0) is 6.54 Å². The van der Waals surface area contributed by atoms with Crippen molar-refractivity contribution in [1.29, 1.82) is 0 Å². The molecule has 5 nitrogen and oxygen atoms in total. The molecule has 0 aliphatic rings. The molecule has 6 heteroatoms. The number of aromatic carboxylic acids is 1. The molecule has 0 unspecified atom stereocenters. The molecule has 4 N–H and O–H groups in total. The van der Waals surface area contributed by atoms with Crippen LogP contribution in [0.15, 0.2) is 23.6 Å². The summed E-state index contributed by atoms with van der Waals surface area (Å²) in [4.78, 5) is 15.1. The number of carboxylic acid groups (broad SMARTS) is 1. The summed E-state index contributed by atoms with van der Waals surface area (Å²) in [5.74, 6) is -0.983. The van der Waals surface area contributed by atoms with Crippen molar-refractivity contribution in [1.82, 2.24) is 4.98 Å². The summed E-state index contributed by atoms with van der Waals surface area (Å²) in [6.07, 6.45) is 0. The van der Waals surface area contributed by atoms with Crippen molar-refractivity contribution in [3.05, 3.63) is 39.8 Å². The fraction of sp³-hybridized carbons (Fsp3) is 0.167. The number of benzene rings is 1. The van der Waals surface area contributed by atoms with Gasteiger partial charge in [0.2, 0.25) is 0 Å². The van der Waals surface area contributed by atoms with Crippen LogP contribution in [0, 0.1) is 6.92 Å². The average Bonchev–Trinajstić information content (AvgIpc) is 2.73. The van der Waals surface area contributed by atoms with E-state index in [4.69, 9.17) is 10.8 Å². The lowest BCUT2D eigenvalue weighted by molar-refractivity contribution is 0.0697. The van der Waals surface area contributed by atoms with Gasteiger partial charge in [0.25, 0.3) is 0 Å². The van der Waals surface area contributed by atoms with Crippen LogP contribution >= 0.6 is 11.3 Å². The third kappa shape index (κ3) is 2.78. The van der Waals surface area contributed by atoms with Crippen LogP contribution < -0.4 is 11.1 Å². The maximum absolute atomic E-state index is 10.8. The number of rotatable bonds is 4. The van der Waals surface area contributed by atoms with Crippen molar-refractivity contribution in [2.24, 2.45) is 0 Å². The molecule has 0 bridgehead atoms. The quantitative estimate of drug-likeness (QED) is 0.737. The van der Waals surface area contributed by atoms with Crippen molar-refractivity contribution >= 4 is 28.7 Å². The van der Waals surface area contributed by atoms with E-state index >= 15 is 0 Å². The fourth-order valence-corrected chi connectivity index (χ4v) is 2.22. The van der Waals surface area contributed by atoms with E-state index in [9.17, 15) is 4.79 Å². The molecule has 0 saturated carbocycles. The lowest BCUT2D eigenvalue weighted by Gasteiger charge is -2.08. The largest absolute Gasteiger partial charge is 0.478 e. The fourth-order valence-electron chi connectivity index (χ4n) is 1.51. The molecule has 1 heterocycles. The molecule has 18 heavy (non-hydrogen) atoms. The molecule has 0 fully saturated rings. The standard InChI is InChI=1S/C12H13N3O2S/c1-7-6-18-11(15-7)5-14-10-3-2-8(12(16)17)4-9(10)13/h2-4,6,14H,5,13H2,1H3,(H,16,17). The highest BCUT2D eigenvalue weighted by molar-refractivity contribution is 7.09. The third-order valence-corrected chi connectivity index (χ3v) is 3.36. The molecule has 1 aromatic heterocycles. The van der Waals surface area contributed by atoms with Gasteiger partial charge in [0.15, 0.2) is 0 Å². The van der Waals surface area contributed by atoms with Gasteiger partial charge in [-0.2, -0.15) is 0 Å². The van der Waals surface area contributed by atoms with E-state index in [0.717, 1.165) is 10.7 Å². The van der Waals surface area contributed by atoms with Crippen LogP contribution in [0.25, 0.3) is 0 Å². The molecule has 2 rings (SSSR count). The second kappa shape index (κ2) is 5.05. The molecule has 0 atom stereocenters. The van der Waals surface area contributed by atoms with E-state index in [2.05, 4.69) is 10.3 Å². The summed E-state index contributed by atoms with van der Waals surface area (Å²) < 4.78 is 0. The minimum atomic E-state index is -0.983.